The Morgan fingerprint density at radius 2 is 1.95 bits per heavy atom. The van der Waals surface area contributed by atoms with Gasteiger partial charge in [-0.1, -0.05) is 37.3 Å². The quantitative estimate of drug-likeness (QED) is 0.591. The van der Waals surface area contributed by atoms with Crippen molar-refractivity contribution in [1.82, 2.24) is 5.32 Å². The van der Waals surface area contributed by atoms with E-state index in [2.05, 4.69) is 5.32 Å². The SMILES string of the molecule is CC[C@@H](CCCNC(=O)OCc1ccccc1)C(=O)OC. The molecule has 0 fully saturated rings. The van der Waals surface area contributed by atoms with Crippen molar-refractivity contribution in [3.8, 4) is 0 Å². The van der Waals surface area contributed by atoms with E-state index in [1.165, 1.54) is 7.11 Å². The summed E-state index contributed by atoms with van der Waals surface area (Å²) in [7, 11) is 1.39. The molecule has 0 saturated carbocycles. The summed E-state index contributed by atoms with van der Waals surface area (Å²) in [4.78, 5) is 22.9. The predicted molar refractivity (Wildman–Crippen MR) is 79.7 cm³/mol. The molecule has 0 bridgehead atoms. The number of carbonyl (C=O) groups excluding carboxylic acids is 2. The molecule has 1 N–H and O–H groups in total. The maximum atomic E-state index is 11.5. The van der Waals surface area contributed by atoms with E-state index in [-0.39, 0.29) is 18.5 Å². The van der Waals surface area contributed by atoms with Gasteiger partial charge >= 0.3 is 12.1 Å². The summed E-state index contributed by atoms with van der Waals surface area (Å²) in [5.74, 6) is -0.290. The molecule has 0 aliphatic heterocycles. The van der Waals surface area contributed by atoms with Crippen molar-refractivity contribution in [1.29, 1.82) is 0 Å². The number of methoxy groups -OCH3 is 1. The molecular formula is C16H23NO4. The van der Waals surface area contributed by atoms with Gasteiger partial charge in [0, 0.05) is 6.54 Å². The Balaban J connectivity index is 2.14. The van der Waals surface area contributed by atoms with Crippen LogP contribution in [0.3, 0.4) is 0 Å². The molecule has 0 aliphatic carbocycles. The number of amides is 1. The average Bonchev–Trinajstić information content (AvgIpc) is 2.53. The topological polar surface area (TPSA) is 64.6 Å². The summed E-state index contributed by atoms with van der Waals surface area (Å²) in [5.41, 5.74) is 0.949. The minimum atomic E-state index is -0.440. The third kappa shape index (κ3) is 6.79. The van der Waals surface area contributed by atoms with Crippen LogP contribution in [0.5, 0.6) is 0 Å². The molecule has 1 rings (SSSR count). The van der Waals surface area contributed by atoms with Gasteiger partial charge in [-0.2, -0.15) is 0 Å². The number of ether oxygens (including phenoxy) is 2. The van der Waals surface area contributed by atoms with E-state index in [9.17, 15) is 9.59 Å². The summed E-state index contributed by atoms with van der Waals surface area (Å²) >= 11 is 0. The van der Waals surface area contributed by atoms with Gasteiger partial charge in [0.2, 0.25) is 0 Å². The summed E-state index contributed by atoms with van der Waals surface area (Å²) in [6.07, 6.45) is 1.71. The zero-order valence-corrected chi connectivity index (χ0v) is 12.6. The second-order valence-corrected chi connectivity index (χ2v) is 4.76. The zero-order valence-electron chi connectivity index (χ0n) is 12.6. The number of esters is 1. The minimum Gasteiger partial charge on any atom is -0.469 e. The average molecular weight is 293 g/mol. The molecule has 21 heavy (non-hydrogen) atoms. The van der Waals surface area contributed by atoms with Crippen LogP contribution in [0.25, 0.3) is 0 Å². The number of alkyl carbamates (subject to hydrolysis) is 1. The maximum absolute atomic E-state index is 11.5. The Hall–Kier alpha value is -2.04. The molecule has 0 saturated heterocycles. The van der Waals surface area contributed by atoms with E-state index in [1.54, 1.807) is 0 Å². The molecule has 0 aromatic heterocycles. The lowest BCUT2D eigenvalue weighted by Gasteiger charge is -2.12. The molecule has 1 atom stereocenters. The van der Waals surface area contributed by atoms with E-state index < -0.39 is 6.09 Å². The lowest BCUT2D eigenvalue weighted by atomic mass is 10.0. The molecule has 5 heteroatoms. The molecule has 0 unspecified atom stereocenters. The summed E-state index contributed by atoms with van der Waals surface area (Å²) in [5, 5.41) is 2.68. The van der Waals surface area contributed by atoms with Crippen LogP contribution in [0.1, 0.15) is 31.7 Å². The lowest BCUT2D eigenvalue weighted by Crippen LogP contribution is -2.26. The number of nitrogens with one attached hydrogen (secondary N) is 1. The van der Waals surface area contributed by atoms with Gasteiger partial charge in [0.05, 0.1) is 13.0 Å². The van der Waals surface area contributed by atoms with E-state index in [1.807, 2.05) is 37.3 Å². The van der Waals surface area contributed by atoms with Crippen molar-refractivity contribution in [3.05, 3.63) is 35.9 Å². The van der Waals surface area contributed by atoms with Gasteiger partial charge in [-0.15, -0.1) is 0 Å². The first-order chi connectivity index (χ1) is 10.2. The van der Waals surface area contributed by atoms with Gasteiger partial charge in [-0.3, -0.25) is 4.79 Å². The predicted octanol–water partition coefficient (Wildman–Crippen LogP) is 2.89. The molecular weight excluding hydrogens is 270 g/mol. The number of carbonyl (C=O) groups is 2. The minimum absolute atomic E-state index is 0.0999. The second kappa shape index (κ2) is 9.80. The van der Waals surface area contributed by atoms with Crippen LogP contribution in [-0.4, -0.2) is 25.7 Å². The Bertz CT molecular complexity index is 433. The van der Waals surface area contributed by atoms with Crippen LogP contribution in [-0.2, 0) is 20.9 Å². The van der Waals surface area contributed by atoms with Crippen LogP contribution in [0.4, 0.5) is 4.79 Å². The summed E-state index contributed by atoms with van der Waals surface area (Å²) < 4.78 is 9.81. The van der Waals surface area contributed by atoms with E-state index in [4.69, 9.17) is 9.47 Å². The Labute approximate surface area is 125 Å². The smallest absolute Gasteiger partial charge is 0.407 e. The first-order valence-electron chi connectivity index (χ1n) is 7.19. The molecule has 0 spiro atoms. The van der Waals surface area contributed by atoms with Crippen molar-refractivity contribution < 1.29 is 19.1 Å². The molecule has 1 aromatic carbocycles. The normalized spacial score (nSPS) is 11.5. The highest BCUT2D eigenvalue weighted by atomic mass is 16.5. The fourth-order valence-electron chi connectivity index (χ4n) is 1.97. The van der Waals surface area contributed by atoms with E-state index in [0.717, 1.165) is 12.0 Å². The second-order valence-electron chi connectivity index (χ2n) is 4.76. The molecule has 1 amide bonds. The van der Waals surface area contributed by atoms with Crippen molar-refractivity contribution in [2.24, 2.45) is 5.92 Å². The van der Waals surface area contributed by atoms with Crippen LogP contribution < -0.4 is 5.32 Å². The maximum Gasteiger partial charge on any atom is 0.407 e. The van der Waals surface area contributed by atoms with Gasteiger partial charge < -0.3 is 14.8 Å². The van der Waals surface area contributed by atoms with Gasteiger partial charge in [-0.25, -0.2) is 4.79 Å². The van der Waals surface area contributed by atoms with Crippen LogP contribution in [0.2, 0.25) is 0 Å². The monoisotopic (exact) mass is 293 g/mol. The van der Waals surface area contributed by atoms with Crippen LogP contribution >= 0.6 is 0 Å². The Morgan fingerprint density at radius 1 is 1.24 bits per heavy atom. The number of benzene rings is 1. The first-order valence-corrected chi connectivity index (χ1v) is 7.19. The van der Waals surface area contributed by atoms with Gasteiger partial charge in [0.1, 0.15) is 6.61 Å². The van der Waals surface area contributed by atoms with Crippen molar-refractivity contribution in [3.63, 3.8) is 0 Å². The zero-order chi connectivity index (χ0) is 15.5. The standard InChI is InChI=1S/C16H23NO4/c1-3-14(15(18)20-2)10-7-11-17-16(19)21-12-13-8-5-4-6-9-13/h4-6,8-9,14H,3,7,10-12H2,1-2H3,(H,17,19)/t14-/m0/s1. The van der Waals surface area contributed by atoms with Crippen LogP contribution in [0.15, 0.2) is 30.3 Å². The van der Waals surface area contributed by atoms with Gasteiger partial charge in [0.25, 0.3) is 0 Å². The summed E-state index contributed by atoms with van der Waals surface area (Å²) in [6.45, 7) is 2.69. The first kappa shape index (κ1) is 17.0. The lowest BCUT2D eigenvalue weighted by molar-refractivity contribution is -0.145. The molecule has 0 heterocycles. The van der Waals surface area contributed by atoms with Crippen LogP contribution in [0, 0.1) is 5.92 Å². The Kier molecular flexibility index (Phi) is 7.94. The van der Waals surface area contributed by atoms with E-state index in [0.29, 0.717) is 19.4 Å². The largest absolute Gasteiger partial charge is 0.469 e. The highest BCUT2D eigenvalue weighted by molar-refractivity contribution is 5.72. The van der Waals surface area contributed by atoms with Gasteiger partial charge in [0.15, 0.2) is 0 Å². The molecule has 0 aliphatic rings. The molecule has 1 aromatic rings. The fraction of sp³-hybridized carbons (Fsp3) is 0.500. The summed E-state index contributed by atoms with van der Waals surface area (Å²) in [6, 6.07) is 9.50. The van der Waals surface area contributed by atoms with Crippen molar-refractivity contribution in [2.75, 3.05) is 13.7 Å². The molecule has 0 radical (unpaired) electrons. The number of hydrogen-bond acceptors (Lipinski definition) is 4. The highest BCUT2D eigenvalue weighted by Crippen LogP contribution is 2.12. The Morgan fingerprint density at radius 3 is 2.57 bits per heavy atom. The molecule has 116 valence electrons. The van der Waals surface area contributed by atoms with Crippen molar-refractivity contribution in [2.45, 2.75) is 32.8 Å². The van der Waals surface area contributed by atoms with Gasteiger partial charge in [-0.05, 0) is 24.8 Å². The molecule has 5 nitrogen and oxygen atoms in total. The highest BCUT2D eigenvalue weighted by Gasteiger charge is 2.16. The van der Waals surface area contributed by atoms with E-state index >= 15 is 0 Å². The number of rotatable bonds is 8. The van der Waals surface area contributed by atoms with Crippen molar-refractivity contribution >= 4 is 12.1 Å². The third-order valence-corrected chi connectivity index (χ3v) is 3.24. The third-order valence-electron chi connectivity index (χ3n) is 3.24. The fourth-order valence-corrected chi connectivity index (χ4v) is 1.97. The number of hydrogen-bond donors (Lipinski definition) is 1.